The van der Waals surface area contributed by atoms with Crippen LogP contribution in [-0.4, -0.2) is 100 Å². The highest BCUT2D eigenvalue weighted by Gasteiger charge is 2.27. The minimum atomic E-state index is -0.0802. The fraction of sp³-hybridized carbons (Fsp3) is 0.889. The predicted octanol–water partition coefficient (Wildman–Crippen LogP) is 0.948. The number of guanidine groups is 1. The van der Waals surface area contributed by atoms with Crippen LogP contribution in [0.4, 0.5) is 0 Å². The lowest BCUT2D eigenvalue weighted by Crippen LogP contribution is -2.49. The molecule has 0 aromatic heterocycles. The largest absolute Gasteiger partial charge is 0.469 e. The maximum Gasteiger partial charge on any atom is 0.308 e. The molecule has 8 heteroatoms. The Morgan fingerprint density at radius 1 is 1.19 bits per heavy atom. The third kappa shape index (κ3) is 7.19. The molecule has 0 saturated carbocycles. The minimum absolute atomic E-state index is 0. The highest BCUT2D eigenvalue weighted by Crippen LogP contribution is 2.18. The predicted molar refractivity (Wildman–Crippen MR) is 116 cm³/mol. The third-order valence-electron chi connectivity index (χ3n) is 5.32. The van der Waals surface area contributed by atoms with E-state index in [1.165, 1.54) is 7.11 Å². The van der Waals surface area contributed by atoms with Gasteiger partial charge < -0.3 is 24.8 Å². The molecule has 2 aliphatic heterocycles. The van der Waals surface area contributed by atoms with Crippen molar-refractivity contribution in [2.75, 3.05) is 73.6 Å². The van der Waals surface area contributed by atoms with E-state index < -0.39 is 0 Å². The molecule has 2 heterocycles. The molecule has 0 aromatic rings. The van der Waals surface area contributed by atoms with Crippen LogP contribution < -0.4 is 5.32 Å². The van der Waals surface area contributed by atoms with E-state index in [1.54, 1.807) is 0 Å². The second kappa shape index (κ2) is 12.0. The summed E-state index contributed by atoms with van der Waals surface area (Å²) in [5.41, 5.74) is 0. The summed E-state index contributed by atoms with van der Waals surface area (Å²) in [5, 5.41) is 3.52. The molecule has 26 heavy (non-hydrogen) atoms. The van der Waals surface area contributed by atoms with Gasteiger partial charge in [-0.05, 0) is 25.8 Å². The van der Waals surface area contributed by atoms with E-state index in [4.69, 9.17) is 4.74 Å². The number of methoxy groups -OCH3 is 1. The van der Waals surface area contributed by atoms with Gasteiger partial charge in [0, 0.05) is 59.4 Å². The summed E-state index contributed by atoms with van der Waals surface area (Å²) in [6, 6.07) is 0. The number of piperidine rings is 1. The normalized spacial score (nSPS) is 21.8. The van der Waals surface area contributed by atoms with Crippen molar-refractivity contribution in [2.24, 2.45) is 16.8 Å². The van der Waals surface area contributed by atoms with Gasteiger partial charge in [0.25, 0.3) is 0 Å². The van der Waals surface area contributed by atoms with Crippen LogP contribution in [0.15, 0.2) is 4.99 Å². The molecule has 1 atom stereocenters. The zero-order valence-electron chi connectivity index (χ0n) is 16.7. The SMILES string of the molecule is CN=C(NCC(C)CN1CCN(C)CC1)N1CCC(C(=O)OC)CC1.I. The summed E-state index contributed by atoms with van der Waals surface area (Å²) in [6.07, 6.45) is 1.68. The van der Waals surface area contributed by atoms with Crippen LogP contribution in [-0.2, 0) is 9.53 Å². The smallest absolute Gasteiger partial charge is 0.308 e. The monoisotopic (exact) mass is 481 g/mol. The highest BCUT2D eigenvalue weighted by molar-refractivity contribution is 14.0. The van der Waals surface area contributed by atoms with Crippen LogP contribution >= 0.6 is 24.0 Å². The van der Waals surface area contributed by atoms with Crippen molar-refractivity contribution in [1.29, 1.82) is 0 Å². The fourth-order valence-corrected chi connectivity index (χ4v) is 3.63. The second-order valence-electron chi connectivity index (χ2n) is 7.42. The number of piperazine rings is 1. The van der Waals surface area contributed by atoms with Gasteiger partial charge >= 0.3 is 5.97 Å². The number of aliphatic imine (C=N–C) groups is 1. The summed E-state index contributed by atoms with van der Waals surface area (Å²) in [7, 11) is 5.49. The van der Waals surface area contributed by atoms with E-state index in [2.05, 4.69) is 39.0 Å². The van der Waals surface area contributed by atoms with Gasteiger partial charge in [0.2, 0.25) is 0 Å². The topological polar surface area (TPSA) is 60.4 Å². The Morgan fingerprint density at radius 2 is 1.81 bits per heavy atom. The summed E-state index contributed by atoms with van der Waals surface area (Å²) >= 11 is 0. The van der Waals surface area contributed by atoms with E-state index in [-0.39, 0.29) is 35.9 Å². The number of nitrogens with zero attached hydrogens (tertiary/aromatic N) is 4. The molecule has 152 valence electrons. The molecule has 1 unspecified atom stereocenters. The van der Waals surface area contributed by atoms with Gasteiger partial charge in [-0.15, -0.1) is 24.0 Å². The first kappa shape index (κ1) is 23.4. The van der Waals surface area contributed by atoms with E-state index in [9.17, 15) is 4.79 Å². The number of hydrogen-bond acceptors (Lipinski definition) is 5. The molecule has 2 rings (SSSR count). The van der Waals surface area contributed by atoms with Crippen molar-refractivity contribution in [3.63, 3.8) is 0 Å². The number of ether oxygens (including phenoxy) is 1. The molecule has 1 N–H and O–H groups in total. The summed E-state index contributed by atoms with van der Waals surface area (Å²) in [5.74, 6) is 1.49. The molecule has 0 bridgehead atoms. The molecular weight excluding hydrogens is 445 g/mol. The van der Waals surface area contributed by atoms with Crippen LogP contribution in [0.25, 0.3) is 0 Å². The number of hydrogen-bond donors (Lipinski definition) is 1. The average molecular weight is 481 g/mol. The van der Waals surface area contributed by atoms with Crippen LogP contribution in [0.5, 0.6) is 0 Å². The van der Waals surface area contributed by atoms with Gasteiger partial charge in [-0.3, -0.25) is 9.79 Å². The van der Waals surface area contributed by atoms with Gasteiger partial charge in [0.15, 0.2) is 5.96 Å². The Labute approximate surface area is 175 Å². The first-order chi connectivity index (χ1) is 12.0. The molecule has 0 amide bonds. The molecule has 2 saturated heterocycles. The van der Waals surface area contributed by atoms with E-state index in [0.717, 1.165) is 71.2 Å². The molecule has 2 fully saturated rings. The van der Waals surface area contributed by atoms with Crippen molar-refractivity contribution < 1.29 is 9.53 Å². The van der Waals surface area contributed by atoms with E-state index >= 15 is 0 Å². The number of likely N-dealkylation sites (N-methyl/N-ethyl adjacent to an activating group) is 1. The van der Waals surface area contributed by atoms with Gasteiger partial charge in [-0.1, -0.05) is 6.92 Å². The Kier molecular flexibility index (Phi) is 10.8. The van der Waals surface area contributed by atoms with E-state index in [0.29, 0.717) is 5.92 Å². The van der Waals surface area contributed by atoms with Crippen molar-refractivity contribution in [3.8, 4) is 0 Å². The van der Waals surface area contributed by atoms with Crippen molar-refractivity contribution in [2.45, 2.75) is 19.8 Å². The Balaban J connectivity index is 0.00000338. The lowest BCUT2D eigenvalue weighted by atomic mass is 9.97. The Bertz CT molecular complexity index is 447. The maximum atomic E-state index is 11.6. The zero-order chi connectivity index (χ0) is 18.2. The summed E-state index contributed by atoms with van der Waals surface area (Å²) in [4.78, 5) is 23.3. The quantitative estimate of drug-likeness (QED) is 0.273. The number of nitrogens with one attached hydrogen (secondary N) is 1. The lowest BCUT2D eigenvalue weighted by Gasteiger charge is -2.35. The average Bonchev–Trinajstić information content (AvgIpc) is 2.64. The maximum absolute atomic E-state index is 11.6. The number of likely N-dealkylation sites (tertiary alicyclic amines) is 1. The standard InChI is InChI=1S/C18H35N5O2.HI/c1-15(14-22-11-9-21(3)10-12-22)13-20-18(19-2)23-7-5-16(6-8-23)17(24)25-4;/h15-16H,5-14H2,1-4H3,(H,19,20);1H. The minimum Gasteiger partial charge on any atom is -0.469 e. The number of esters is 1. The molecular formula is C18H36IN5O2. The first-order valence-corrected chi connectivity index (χ1v) is 9.47. The van der Waals surface area contributed by atoms with Gasteiger partial charge in [-0.2, -0.15) is 0 Å². The van der Waals surface area contributed by atoms with Crippen LogP contribution in [0.2, 0.25) is 0 Å². The molecule has 2 aliphatic rings. The number of carbonyl (C=O) groups is 1. The fourth-order valence-electron chi connectivity index (χ4n) is 3.63. The van der Waals surface area contributed by atoms with Gasteiger partial charge in [0.1, 0.15) is 0 Å². The second-order valence-corrected chi connectivity index (χ2v) is 7.42. The summed E-state index contributed by atoms with van der Waals surface area (Å²) < 4.78 is 4.86. The van der Waals surface area contributed by atoms with Crippen molar-refractivity contribution >= 4 is 35.9 Å². The van der Waals surface area contributed by atoms with Crippen LogP contribution in [0.1, 0.15) is 19.8 Å². The Morgan fingerprint density at radius 3 is 2.35 bits per heavy atom. The number of halogens is 1. The Hall–Kier alpha value is -0.610. The van der Waals surface area contributed by atoms with Crippen LogP contribution in [0.3, 0.4) is 0 Å². The number of carbonyl (C=O) groups excluding carboxylic acids is 1. The van der Waals surface area contributed by atoms with E-state index in [1.807, 2.05) is 7.05 Å². The van der Waals surface area contributed by atoms with Crippen molar-refractivity contribution in [1.82, 2.24) is 20.0 Å². The number of rotatable bonds is 5. The third-order valence-corrected chi connectivity index (χ3v) is 5.32. The highest BCUT2D eigenvalue weighted by atomic mass is 127. The molecule has 0 radical (unpaired) electrons. The van der Waals surface area contributed by atoms with Crippen molar-refractivity contribution in [3.05, 3.63) is 0 Å². The first-order valence-electron chi connectivity index (χ1n) is 9.47. The molecule has 0 aliphatic carbocycles. The lowest BCUT2D eigenvalue weighted by molar-refractivity contribution is -0.146. The summed E-state index contributed by atoms with van der Waals surface area (Å²) in [6.45, 7) is 10.7. The molecule has 7 nitrogen and oxygen atoms in total. The van der Waals surface area contributed by atoms with Gasteiger partial charge in [-0.25, -0.2) is 0 Å². The zero-order valence-corrected chi connectivity index (χ0v) is 19.1. The molecule has 0 spiro atoms. The molecule has 0 aromatic carbocycles. The van der Waals surface area contributed by atoms with Crippen LogP contribution in [0, 0.1) is 11.8 Å². The van der Waals surface area contributed by atoms with Gasteiger partial charge in [0.05, 0.1) is 13.0 Å².